The Labute approximate surface area is 124 Å². The van der Waals surface area contributed by atoms with Gasteiger partial charge in [0.1, 0.15) is 0 Å². The Bertz CT molecular complexity index is 508. The number of carbonyl (C=O) groups is 2. The Morgan fingerprint density at radius 1 is 1.29 bits per heavy atom. The Hall–Kier alpha value is -1.88. The van der Waals surface area contributed by atoms with Gasteiger partial charge in [0.15, 0.2) is 0 Å². The molecule has 1 fully saturated rings. The second kappa shape index (κ2) is 6.26. The molecule has 0 radical (unpaired) electrons. The second-order valence-corrected chi connectivity index (χ2v) is 5.99. The third kappa shape index (κ3) is 3.61. The predicted molar refractivity (Wildman–Crippen MR) is 79.7 cm³/mol. The van der Waals surface area contributed by atoms with Gasteiger partial charge in [0, 0.05) is 13.1 Å². The summed E-state index contributed by atoms with van der Waals surface area (Å²) in [7, 11) is 0. The summed E-state index contributed by atoms with van der Waals surface area (Å²) in [6.07, 6.45) is 1.46. The molecule has 0 bridgehead atoms. The van der Waals surface area contributed by atoms with Crippen LogP contribution in [-0.2, 0) is 16.0 Å². The molecular weight excluding hydrogens is 268 g/mol. The Morgan fingerprint density at radius 3 is 2.38 bits per heavy atom. The van der Waals surface area contributed by atoms with Crippen molar-refractivity contribution in [3.63, 3.8) is 0 Å². The number of hydrogen-bond acceptors (Lipinski definition) is 3. The maximum absolute atomic E-state index is 12.3. The van der Waals surface area contributed by atoms with Gasteiger partial charge in [-0.2, -0.15) is 0 Å². The minimum atomic E-state index is -0.789. The highest BCUT2D eigenvalue weighted by molar-refractivity contribution is 5.82. The lowest BCUT2D eigenvalue weighted by Crippen LogP contribution is -2.51. The number of nitrogens with two attached hydrogens (primary N) is 1. The first-order valence-electron chi connectivity index (χ1n) is 7.24. The molecule has 21 heavy (non-hydrogen) atoms. The van der Waals surface area contributed by atoms with Gasteiger partial charge < -0.3 is 15.7 Å². The fourth-order valence-corrected chi connectivity index (χ4v) is 2.62. The molecule has 2 rings (SSSR count). The molecule has 5 nitrogen and oxygen atoms in total. The first-order chi connectivity index (χ1) is 9.92. The van der Waals surface area contributed by atoms with E-state index in [-0.39, 0.29) is 5.91 Å². The third-order valence-electron chi connectivity index (χ3n) is 4.31. The van der Waals surface area contributed by atoms with Gasteiger partial charge in [-0.15, -0.1) is 0 Å². The summed E-state index contributed by atoms with van der Waals surface area (Å²) < 4.78 is 0. The zero-order valence-corrected chi connectivity index (χ0v) is 12.3. The number of rotatable bonds is 4. The molecule has 0 aliphatic carbocycles. The summed E-state index contributed by atoms with van der Waals surface area (Å²) in [5, 5.41) is 9.20. The molecule has 1 aliphatic heterocycles. The molecule has 0 spiro atoms. The van der Waals surface area contributed by atoms with Crippen molar-refractivity contribution >= 4 is 11.9 Å². The van der Waals surface area contributed by atoms with Gasteiger partial charge in [-0.3, -0.25) is 9.59 Å². The maximum atomic E-state index is 12.3. The van der Waals surface area contributed by atoms with Crippen molar-refractivity contribution in [3.05, 3.63) is 35.9 Å². The Kier molecular flexibility index (Phi) is 4.63. The molecule has 1 saturated heterocycles. The lowest BCUT2D eigenvalue weighted by atomic mass is 9.80. The SMILES string of the molecule is CC1(C(=O)O)CCN(C(=O)C(N)Cc2ccccc2)CC1. The van der Waals surface area contributed by atoms with Gasteiger partial charge in [-0.25, -0.2) is 0 Å². The van der Waals surface area contributed by atoms with Gasteiger partial charge in [0.25, 0.3) is 0 Å². The first kappa shape index (κ1) is 15.5. The molecule has 5 heteroatoms. The molecule has 1 aromatic rings. The molecule has 0 saturated carbocycles. The number of likely N-dealkylation sites (tertiary alicyclic amines) is 1. The van der Waals surface area contributed by atoms with E-state index in [4.69, 9.17) is 5.73 Å². The van der Waals surface area contributed by atoms with Gasteiger partial charge in [0.05, 0.1) is 11.5 Å². The first-order valence-corrected chi connectivity index (χ1v) is 7.24. The normalized spacial score (nSPS) is 19.0. The van der Waals surface area contributed by atoms with Crippen molar-refractivity contribution in [1.29, 1.82) is 0 Å². The number of amides is 1. The summed E-state index contributed by atoms with van der Waals surface area (Å²) in [4.78, 5) is 25.2. The number of nitrogens with zero attached hydrogens (tertiary/aromatic N) is 1. The second-order valence-electron chi connectivity index (χ2n) is 5.99. The topological polar surface area (TPSA) is 83.6 Å². The van der Waals surface area contributed by atoms with Crippen LogP contribution in [0.3, 0.4) is 0 Å². The lowest BCUT2D eigenvalue weighted by Gasteiger charge is -2.37. The van der Waals surface area contributed by atoms with E-state index in [1.807, 2.05) is 30.3 Å². The van der Waals surface area contributed by atoms with E-state index in [0.717, 1.165) is 5.56 Å². The van der Waals surface area contributed by atoms with Crippen molar-refractivity contribution < 1.29 is 14.7 Å². The van der Waals surface area contributed by atoms with E-state index in [1.54, 1.807) is 11.8 Å². The van der Waals surface area contributed by atoms with Crippen LogP contribution in [0.15, 0.2) is 30.3 Å². The number of carbonyl (C=O) groups excluding carboxylic acids is 1. The van der Waals surface area contributed by atoms with E-state index >= 15 is 0 Å². The summed E-state index contributed by atoms with van der Waals surface area (Å²) in [5.41, 5.74) is 6.31. The minimum absolute atomic E-state index is 0.0914. The van der Waals surface area contributed by atoms with Crippen molar-refractivity contribution in [2.24, 2.45) is 11.1 Å². The Morgan fingerprint density at radius 2 is 1.86 bits per heavy atom. The predicted octanol–water partition coefficient (Wildman–Crippen LogP) is 1.27. The molecule has 3 N–H and O–H groups in total. The van der Waals surface area contributed by atoms with Crippen LogP contribution in [0.5, 0.6) is 0 Å². The van der Waals surface area contributed by atoms with E-state index in [0.29, 0.717) is 32.4 Å². The zero-order valence-electron chi connectivity index (χ0n) is 12.3. The average Bonchev–Trinajstić information content (AvgIpc) is 2.48. The summed E-state index contributed by atoms with van der Waals surface area (Å²) in [6.45, 7) is 2.66. The quantitative estimate of drug-likeness (QED) is 0.874. The van der Waals surface area contributed by atoms with Gasteiger partial charge in [-0.05, 0) is 31.7 Å². The molecule has 1 aromatic carbocycles. The Balaban J connectivity index is 1.91. The lowest BCUT2D eigenvalue weighted by molar-refractivity contribution is -0.153. The van der Waals surface area contributed by atoms with Gasteiger partial charge >= 0.3 is 5.97 Å². The number of aliphatic carboxylic acids is 1. The number of benzene rings is 1. The summed E-state index contributed by atoms with van der Waals surface area (Å²) >= 11 is 0. The highest BCUT2D eigenvalue weighted by Gasteiger charge is 2.38. The number of carboxylic acids is 1. The van der Waals surface area contributed by atoms with Crippen LogP contribution in [-0.4, -0.2) is 41.0 Å². The molecule has 1 unspecified atom stereocenters. The largest absolute Gasteiger partial charge is 0.481 e. The summed E-state index contributed by atoms with van der Waals surface area (Å²) in [5.74, 6) is -0.880. The van der Waals surface area contributed by atoms with E-state index in [9.17, 15) is 14.7 Å². The number of carboxylic acid groups (broad SMARTS) is 1. The summed E-state index contributed by atoms with van der Waals surface area (Å²) in [6, 6.07) is 9.10. The monoisotopic (exact) mass is 290 g/mol. The zero-order chi connectivity index (χ0) is 15.5. The van der Waals surface area contributed by atoms with Crippen molar-refractivity contribution in [2.45, 2.75) is 32.2 Å². The number of piperidine rings is 1. The van der Waals surface area contributed by atoms with Crippen LogP contribution in [0.2, 0.25) is 0 Å². The van der Waals surface area contributed by atoms with Crippen molar-refractivity contribution in [1.82, 2.24) is 4.90 Å². The standard InChI is InChI=1S/C16H22N2O3/c1-16(15(20)21)7-9-18(10-8-16)14(19)13(17)11-12-5-3-2-4-6-12/h2-6,13H,7-11,17H2,1H3,(H,20,21). The average molecular weight is 290 g/mol. The molecule has 1 atom stereocenters. The van der Waals surface area contributed by atoms with Crippen LogP contribution >= 0.6 is 0 Å². The van der Waals surface area contributed by atoms with Gasteiger partial charge in [-0.1, -0.05) is 30.3 Å². The molecule has 1 amide bonds. The van der Waals surface area contributed by atoms with Crippen molar-refractivity contribution in [3.8, 4) is 0 Å². The molecular formula is C16H22N2O3. The highest BCUT2D eigenvalue weighted by atomic mass is 16.4. The molecule has 1 heterocycles. The fourth-order valence-electron chi connectivity index (χ4n) is 2.62. The van der Waals surface area contributed by atoms with Crippen LogP contribution in [0.1, 0.15) is 25.3 Å². The van der Waals surface area contributed by atoms with Crippen LogP contribution in [0, 0.1) is 5.41 Å². The highest BCUT2D eigenvalue weighted by Crippen LogP contribution is 2.31. The van der Waals surface area contributed by atoms with Crippen molar-refractivity contribution in [2.75, 3.05) is 13.1 Å². The smallest absolute Gasteiger partial charge is 0.309 e. The fraction of sp³-hybridized carbons (Fsp3) is 0.500. The van der Waals surface area contributed by atoms with Crippen LogP contribution in [0.4, 0.5) is 0 Å². The van der Waals surface area contributed by atoms with Crippen LogP contribution < -0.4 is 5.73 Å². The van der Waals surface area contributed by atoms with E-state index < -0.39 is 17.4 Å². The molecule has 114 valence electrons. The van der Waals surface area contributed by atoms with Gasteiger partial charge in [0.2, 0.25) is 5.91 Å². The number of hydrogen-bond donors (Lipinski definition) is 2. The maximum Gasteiger partial charge on any atom is 0.309 e. The minimum Gasteiger partial charge on any atom is -0.481 e. The molecule has 1 aliphatic rings. The third-order valence-corrected chi connectivity index (χ3v) is 4.31. The van der Waals surface area contributed by atoms with E-state index in [2.05, 4.69) is 0 Å². The van der Waals surface area contributed by atoms with E-state index in [1.165, 1.54) is 0 Å². The molecule has 0 aromatic heterocycles. The van der Waals surface area contributed by atoms with Crippen LogP contribution in [0.25, 0.3) is 0 Å².